The predicted molar refractivity (Wildman–Crippen MR) is 220 cm³/mol. The van der Waals surface area contributed by atoms with Crippen molar-refractivity contribution in [2.24, 2.45) is 58.0 Å². The van der Waals surface area contributed by atoms with E-state index in [4.69, 9.17) is 9.92 Å². The topological polar surface area (TPSA) is 146 Å². The van der Waals surface area contributed by atoms with Crippen LogP contribution in [0.2, 0.25) is 0 Å². The molecule has 4 saturated carbocycles. The Bertz CT molecular complexity index is 1070. The van der Waals surface area contributed by atoms with Crippen molar-refractivity contribution in [3.05, 3.63) is 0 Å². The van der Waals surface area contributed by atoms with Crippen LogP contribution >= 0.6 is 49.6 Å². The first-order chi connectivity index (χ1) is 22.3. The molecule has 4 aliphatic rings. The molecule has 308 valence electrons. The maximum Gasteiger partial charge on any atom is 0.397 e. The summed E-state index contributed by atoms with van der Waals surface area (Å²) in [5, 5.41) is 22.8. The van der Waals surface area contributed by atoms with E-state index in [1.54, 1.807) is 0 Å². The van der Waals surface area contributed by atoms with Crippen molar-refractivity contribution >= 4 is 60.0 Å². The summed E-state index contributed by atoms with van der Waals surface area (Å²) in [6, 6.07) is 0.571. The second-order valence-corrected chi connectivity index (χ2v) is 18.1. The molecule has 7 N–H and O–H groups in total. The summed E-state index contributed by atoms with van der Waals surface area (Å²) in [5.41, 5.74) is 6.08. The van der Waals surface area contributed by atoms with E-state index in [9.17, 15) is 18.1 Å². The quantitative estimate of drug-likeness (QED) is 0.0554. The molecule has 4 rings (SSSR count). The van der Waals surface area contributed by atoms with Gasteiger partial charge in [-0.2, -0.15) is 8.42 Å². The molecule has 4 fully saturated rings. The molecule has 11 atom stereocenters. The highest BCUT2D eigenvalue weighted by Crippen LogP contribution is 2.68. The third-order valence-electron chi connectivity index (χ3n) is 13.8. The van der Waals surface area contributed by atoms with Crippen LogP contribution in [0.1, 0.15) is 125 Å². The van der Waals surface area contributed by atoms with E-state index >= 15 is 0 Å². The van der Waals surface area contributed by atoms with E-state index in [-0.39, 0.29) is 67.1 Å². The molecule has 0 heterocycles. The van der Waals surface area contributed by atoms with Gasteiger partial charge in [0, 0.05) is 6.04 Å². The molecule has 14 heteroatoms. The van der Waals surface area contributed by atoms with Gasteiger partial charge in [0.2, 0.25) is 0 Å². The number of hydrogen-bond acceptors (Lipinski definition) is 8. The highest BCUT2D eigenvalue weighted by atomic mass is 35.5. The van der Waals surface area contributed by atoms with Gasteiger partial charge in [0.15, 0.2) is 0 Å². The van der Waals surface area contributed by atoms with Crippen LogP contribution in [-0.4, -0.2) is 75.6 Å². The smallest absolute Gasteiger partial charge is 0.393 e. The molecule has 0 spiro atoms. The molecular weight excluding hydrogens is 754 g/mol. The summed E-state index contributed by atoms with van der Waals surface area (Å²) in [7, 11) is -4.46. The Morgan fingerprint density at radius 2 is 1.37 bits per heavy atom. The Balaban J connectivity index is 0.00000625. The van der Waals surface area contributed by atoms with Crippen LogP contribution in [0, 0.1) is 52.3 Å². The monoisotopic (exact) mass is 828 g/mol. The zero-order valence-corrected chi connectivity index (χ0v) is 36.2. The third-order valence-corrected chi connectivity index (χ3v) is 14.3. The molecule has 0 aliphatic heterocycles. The highest BCUT2D eigenvalue weighted by molar-refractivity contribution is 7.80. The number of fused-ring (bicyclic) bond motifs is 5. The van der Waals surface area contributed by atoms with Crippen molar-refractivity contribution < 1.29 is 22.3 Å². The van der Waals surface area contributed by atoms with Gasteiger partial charge in [0.25, 0.3) is 0 Å². The van der Waals surface area contributed by atoms with E-state index in [0.29, 0.717) is 53.4 Å². The molecule has 0 aromatic heterocycles. The van der Waals surface area contributed by atoms with E-state index in [1.165, 1.54) is 57.8 Å². The van der Waals surface area contributed by atoms with Crippen LogP contribution in [0.3, 0.4) is 0 Å². The predicted octanol–water partition coefficient (Wildman–Crippen LogP) is 7.22. The maximum absolute atomic E-state index is 11.8. The van der Waals surface area contributed by atoms with Crippen LogP contribution in [-0.2, 0) is 14.6 Å². The summed E-state index contributed by atoms with van der Waals surface area (Å²) in [4.78, 5) is 0. The van der Waals surface area contributed by atoms with Gasteiger partial charge in [0.1, 0.15) is 0 Å². The fourth-order valence-corrected chi connectivity index (χ4v) is 11.8. The zero-order chi connectivity index (χ0) is 34.2. The van der Waals surface area contributed by atoms with Gasteiger partial charge in [0.05, 0.1) is 12.2 Å². The first kappa shape index (κ1) is 51.8. The first-order valence-corrected chi connectivity index (χ1v) is 20.8. The maximum atomic E-state index is 11.8. The summed E-state index contributed by atoms with van der Waals surface area (Å²) in [6.45, 7) is 17.4. The number of aliphatic hydroxyl groups is 1. The minimum absolute atomic E-state index is 0. The summed E-state index contributed by atoms with van der Waals surface area (Å²) in [5.74, 6) is 3.20. The molecule has 0 bridgehead atoms. The number of rotatable bonds is 20. The van der Waals surface area contributed by atoms with Crippen molar-refractivity contribution in [2.75, 3.05) is 39.3 Å². The number of aliphatic hydroxyl groups excluding tert-OH is 1. The molecule has 0 amide bonds. The van der Waals surface area contributed by atoms with Crippen molar-refractivity contribution in [3.8, 4) is 0 Å². The molecular formula is C37H76Cl4N4O5S. The van der Waals surface area contributed by atoms with Crippen LogP contribution in [0.5, 0.6) is 0 Å². The van der Waals surface area contributed by atoms with Gasteiger partial charge in [-0.3, -0.25) is 4.55 Å². The highest BCUT2D eigenvalue weighted by Gasteiger charge is 2.62. The normalized spacial score (nSPS) is 34.0. The van der Waals surface area contributed by atoms with Crippen LogP contribution < -0.4 is 21.7 Å². The van der Waals surface area contributed by atoms with Crippen molar-refractivity contribution in [3.63, 3.8) is 0 Å². The van der Waals surface area contributed by atoms with E-state index < -0.39 is 16.5 Å². The van der Waals surface area contributed by atoms with Gasteiger partial charge in [-0.15, -0.1) is 49.6 Å². The van der Waals surface area contributed by atoms with E-state index in [0.717, 1.165) is 65.0 Å². The number of nitrogens with one attached hydrogen (secondary N) is 3. The number of halogens is 4. The van der Waals surface area contributed by atoms with Gasteiger partial charge in [-0.05, 0) is 181 Å². The van der Waals surface area contributed by atoms with Gasteiger partial charge >= 0.3 is 10.4 Å². The molecule has 0 saturated heterocycles. The van der Waals surface area contributed by atoms with Gasteiger partial charge in [-0.25, -0.2) is 4.18 Å². The Labute approximate surface area is 336 Å². The van der Waals surface area contributed by atoms with E-state index in [1.807, 2.05) is 13.8 Å². The Morgan fingerprint density at radius 3 is 1.98 bits per heavy atom. The average Bonchev–Trinajstić information content (AvgIpc) is 3.36. The minimum Gasteiger partial charge on any atom is -0.393 e. The lowest BCUT2D eigenvalue weighted by Crippen LogP contribution is -2.59. The largest absolute Gasteiger partial charge is 0.397 e. The summed E-state index contributed by atoms with van der Waals surface area (Å²) in [6.07, 6.45) is 15.0. The molecule has 0 aromatic carbocycles. The molecule has 51 heavy (non-hydrogen) atoms. The molecule has 0 radical (unpaired) electrons. The number of nitrogens with two attached hydrogens (primary N) is 1. The standard InChI is InChI=1S/C37H72N4O5S.4ClH/c1-26(2)34(46-47(43,44)45)13-10-27(3)30-11-12-31-35-32(15-17-37(30,31)5)36(4)16-14-29(24-28(36)25-33(35)42)41-23-9-22-40-20-7-6-19-39-21-8-18-38;;;;/h26-35,39-42H,6-25,38H2,1-5H3,(H,43,44,45);4*1H/t27-,28-,29+,30-,31+,32+,33-,34-,35+,36+,37-;;;;/m1..../s1. The molecule has 4 aliphatic carbocycles. The lowest BCUT2D eigenvalue weighted by molar-refractivity contribution is -0.167. The van der Waals surface area contributed by atoms with Crippen LogP contribution in [0.15, 0.2) is 0 Å². The number of unbranched alkanes of at least 4 members (excludes halogenated alkanes) is 1. The lowest BCUT2D eigenvalue weighted by Gasteiger charge is -2.62. The van der Waals surface area contributed by atoms with Crippen molar-refractivity contribution in [1.29, 1.82) is 0 Å². The Morgan fingerprint density at radius 1 is 0.784 bits per heavy atom. The van der Waals surface area contributed by atoms with Gasteiger partial charge < -0.3 is 26.8 Å². The zero-order valence-electron chi connectivity index (χ0n) is 32.2. The number of hydrogen-bond donors (Lipinski definition) is 6. The Kier molecular flexibility index (Phi) is 24.2. The summed E-state index contributed by atoms with van der Waals surface area (Å²) >= 11 is 0. The summed E-state index contributed by atoms with van der Waals surface area (Å²) < 4.78 is 37.2. The second kappa shape index (κ2) is 23.8. The first-order valence-electron chi connectivity index (χ1n) is 19.5. The lowest BCUT2D eigenvalue weighted by atomic mass is 9.43. The van der Waals surface area contributed by atoms with Crippen LogP contribution in [0.25, 0.3) is 0 Å². The van der Waals surface area contributed by atoms with E-state index in [2.05, 4.69) is 36.7 Å². The molecule has 0 unspecified atom stereocenters. The Hall–Kier alpha value is 0.830. The molecule has 9 nitrogen and oxygen atoms in total. The fraction of sp³-hybridized carbons (Fsp3) is 1.00. The van der Waals surface area contributed by atoms with Gasteiger partial charge in [-0.1, -0.05) is 34.6 Å². The molecule has 0 aromatic rings. The van der Waals surface area contributed by atoms with Crippen molar-refractivity contribution in [2.45, 2.75) is 143 Å². The van der Waals surface area contributed by atoms with Crippen LogP contribution in [0.4, 0.5) is 0 Å². The average molecular weight is 831 g/mol. The SMILES string of the molecule is CC(C)[C@@H](CC[C@@H](C)[C@H]1CC[C@H]2[C@@H]3[C@H](O)C[C@H]4C[C@@H](NCCCNCCCCNCCCN)CC[C@]4(C)[C@H]3CC[C@]12C)OS(=O)(=O)O.Cl.Cl.Cl.Cl. The second-order valence-electron chi connectivity index (χ2n) is 17.0. The third kappa shape index (κ3) is 13.8. The minimum atomic E-state index is -4.46. The fourth-order valence-electron chi connectivity index (χ4n) is 11.2. The van der Waals surface area contributed by atoms with Crippen molar-refractivity contribution in [1.82, 2.24) is 16.0 Å².